The molecule has 0 radical (unpaired) electrons. The molecule has 0 N–H and O–H groups in total. The van der Waals surface area contributed by atoms with Gasteiger partial charge in [0, 0.05) is 95.6 Å². The zero-order valence-electron chi connectivity index (χ0n) is 39.5. The fourth-order valence-electron chi connectivity index (χ4n) is 8.13. The van der Waals surface area contributed by atoms with Crippen molar-refractivity contribution in [3.05, 3.63) is 77.5 Å². The number of imide groups is 1. The van der Waals surface area contributed by atoms with Gasteiger partial charge in [0.05, 0.1) is 71.4 Å². The highest BCUT2D eigenvalue weighted by Gasteiger charge is 2.43. The van der Waals surface area contributed by atoms with E-state index in [9.17, 15) is 53.3 Å². The van der Waals surface area contributed by atoms with Crippen molar-refractivity contribution in [2.45, 2.75) is 75.0 Å². The summed E-state index contributed by atoms with van der Waals surface area (Å²) in [6.45, 7) is 5.42. The van der Waals surface area contributed by atoms with Crippen LogP contribution in [0.2, 0.25) is 0 Å². The van der Waals surface area contributed by atoms with Crippen LogP contribution in [-0.4, -0.2) is 150 Å². The third-order valence-electron chi connectivity index (χ3n) is 11.6. The minimum absolute atomic E-state index is 0.0332. The van der Waals surface area contributed by atoms with Crippen molar-refractivity contribution >= 4 is 90.2 Å². The summed E-state index contributed by atoms with van der Waals surface area (Å²) < 4.78 is 136. The van der Waals surface area contributed by atoms with Gasteiger partial charge in [-0.15, -0.1) is 5.06 Å². The van der Waals surface area contributed by atoms with E-state index in [1.807, 2.05) is 50.2 Å². The number of allylic oxidation sites excluding steroid dienone is 6. The van der Waals surface area contributed by atoms with Gasteiger partial charge in [0.15, 0.2) is 0 Å². The van der Waals surface area contributed by atoms with Crippen LogP contribution in [0.5, 0.6) is 5.75 Å². The zero-order valence-corrected chi connectivity index (χ0v) is 44.1. The molecule has 21 nitrogen and oxygen atoms in total. The van der Waals surface area contributed by atoms with E-state index in [0.717, 1.165) is 11.1 Å². The highest BCUT2D eigenvalue weighted by molar-refractivity contribution is 14.2. The number of rotatable bonds is 31. The summed E-state index contributed by atoms with van der Waals surface area (Å²) in [6.07, 6.45) is 8.60. The lowest BCUT2D eigenvalue weighted by Gasteiger charge is -2.31. The highest BCUT2D eigenvalue weighted by Crippen LogP contribution is 2.51. The van der Waals surface area contributed by atoms with Gasteiger partial charge in [0.1, 0.15) is 37.0 Å². The van der Waals surface area contributed by atoms with Crippen molar-refractivity contribution in [3.63, 3.8) is 0 Å². The molecule has 0 spiro atoms. The van der Waals surface area contributed by atoms with Crippen molar-refractivity contribution < 1.29 is 80.1 Å². The average Bonchev–Trinajstić information content (AvgIpc) is 3.62. The monoisotopic (exact) mass is 1160 g/mol. The third-order valence-corrected chi connectivity index (χ3v) is 15.4. The van der Waals surface area contributed by atoms with E-state index in [0.29, 0.717) is 105 Å². The molecule has 0 aromatic heterocycles. The van der Waals surface area contributed by atoms with Crippen LogP contribution in [0.3, 0.4) is 0 Å². The van der Waals surface area contributed by atoms with Crippen molar-refractivity contribution in [2.75, 3.05) is 94.3 Å². The molecule has 5 rings (SSSR count). The van der Waals surface area contributed by atoms with Gasteiger partial charge in [-0.3, -0.25) is 9.59 Å². The topological polar surface area (TPSA) is 288 Å². The van der Waals surface area contributed by atoms with E-state index in [1.54, 1.807) is 20.1 Å². The number of ether oxygens (including phenoxy) is 4. The van der Waals surface area contributed by atoms with Gasteiger partial charge in [-0.2, -0.15) is 0 Å². The number of carbonyl (C=O) groups is 3. The maximum absolute atomic E-state index is 12.5. The Kier molecular flexibility index (Phi) is 22.1. The smallest absolute Gasteiger partial charge is 0.333 e. The Labute approximate surface area is 425 Å². The average molecular weight is 1170 g/mol. The van der Waals surface area contributed by atoms with E-state index in [4.69, 9.17) is 26.9 Å². The zero-order chi connectivity index (χ0) is 51.7. The first-order valence-corrected chi connectivity index (χ1v) is 29.5. The Morgan fingerprint density at radius 3 is 2.14 bits per heavy atom. The van der Waals surface area contributed by atoms with Crippen LogP contribution in [0, 0.1) is 0 Å². The normalized spacial score (nSPS) is 17.8. The molecule has 1 fully saturated rings. The molecule has 2 aromatic carbocycles. The molecule has 0 saturated carbocycles. The number of anilines is 2. The Morgan fingerprint density at radius 1 is 0.817 bits per heavy atom. The second-order valence-corrected chi connectivity index (χ2v) is 22.9. The van der Waals surface area contributed by atoms with Crippen LogP contribution in [0.25, 0.3) is 5.57 Å². The lowest BCUT2D eigenvalue weighted by molar-refractivity contribution is -0.197. The van der Waals surface area contributed by atoms with E-state index in [-0.39, 0.29) is 51.7 Å². The van der Waals surface area contributed by atoms with Crippen LogP contribution in [0.4, 0.5) is 11.4 Å². The van der Waals surface area contributed by atoms with Gasteiger partial charge in [-0.05, 0) is 92.6 Å². The number of hydrogen-bond donors (Lipinski definition) is 0. The van der Waals surface area contributed by atoms with Gasteiger partial charge in [-0.1, -0.05) is 18.6 Å². The van der Waals surface area contributed by atoms with Gasteiger partial charge in [0.2, 0.25) is 0 Å². The summed E-state index contributed by atoms with van der Waals surface area (Å²) in [5.74, 6) is -2.57. The predicted molar refractivity (Wildman–Crippen MR) is 267 cm³/mol. The number of fused-ring (bicyclic) bond motifs is 2. The Bertz CT molecular complexity index is 2640. The number of halogens is 1. The van der Waals surface area contributed by atoms with E-state index in [2.05, 4.69) is 0 Å². The Morgan fingerprint density at radius 2 is 1.48 bits per heavy atom. The molecule has 2 aromatic rings. The third kappa shape index (κ3) is 18.1. The molecule has 1 atom stereocenters. The van der Waals surface area contributed by atoms with Crippen LogP contribution >= 0.6 is 21.1 Å². The molecule has 394 valence electrons. The molecule has 0 aliphatic carbocycles. The molecule has 2 amide bonds. The van der Waals surface area contributed by atoms with Crippen LogP contribution in [-0.2, 0) is 73.9 Å². The van der Waals surface area contributed by atoms with E-state index < -0.39 is 91.1 Å². The molecule has 3 aliphatic rings. The van der Waals surface area contributed by atoms with Gasteiger partial charge < -0.3 is 50.3 Å². The van der Waals surface area contributed by atoms with Crippen molar-refractivity contribution in [1.29, 1.82) is 0 Å². The first kappa shape index (κ1) is 57.7. The number of benzene rings is 2. The summed E-state index contributed by atoms with van der Waals surface area (Å²) in [6, 6.07) is 9.56. The number of hydroxylamine groups is 2. The number of carbonyl (C=O) groups excluding carboxylic acids is 3. The second kappa shape index (κ2) is 27.2. The molecule has 1 unspecified atom stereocenters. The first-order chi connectivity index (χ1) is 33.7. The number of methoxy groups -OCH3 is 1. The summed E-state index contributed by atoms with van der Waals surface area (Å²) in [5.41, 5.74) is 2.71. The maximum Gasteiger partial charge on any atom is 0.333 e. The standard InChI is InChI=1S/C46H62IN3O18S3/c1-46(19-7-31-69(54,55)56)39-34-37(71(60,61)62)13-15-40(39)49(22-5-3-4-11-45(53)68-50-43(51)16-17-44(50)52)42(46)10-6-9-35-18-20-47-67-41-33-36(12-14-38(35)41)48(21-8-32-70(57,58)59)23-24-64-27-28-66-30-29-65-26-25-63-2/h6,9-10,12-15,18,20,33-34H,3-5,7-8,11,16-17,19,21-32H2,1-2H3,(H,54,55,56)(H,57,58,59)(H,60,61,62)/p-3/b9-6+,42-10+. The second-order valence-electron chi connectivity index (χ2n) is 16.8. The molecule has 25 heteroatoms. The van der Waals surface area contributed by atoms with Gasteiger partial charge >= 0.3 is 5.97 Å². The van der Waals surface area contributed by atoms with Crippen LogP contribution in [0.15, 0.2) is 71.3 Å². The quantitative estimate of drug-likeness (QED) is 0.0442. The molecular formula is C46H59IN3O18S3-3. The molecule has 0 bridgehead atoms. The Hall–Kier alpha value is -4.16. The fourth-order valence-corrected chi connectivity index (χ4v) is 10.9. The van der Waals surface area contributed by atoms with Gasteiger partial charge in [-0.25, -0.2) is 30.0 Å². The molecule has 3 heterocycles. The minimum atomic E-state index is -4.91. The highest BCUT2D eigenvalue weighted by atomic mass is 127. The van der Waals surface area contributed by atoms with Crippen LogP contribution in [0.1, 0.15) is 75.8 Å². The number of hydrogen-bond acceptors (Lipinski definition) is 20. The van der Waals surface area contributed by atoms with Crippen LogP contribution < -0.4 is 12.9 Å². The van der Waals surface area contributed by atoms with E-state index >= 15 is 0 Å². The fraction of sp³-hybridized carbons (Fsp3) is 0.522. The summed E-state index contributed by atoms with van der Waals surface area (Å²) >= 11 is -0.912. The number of amides is 2. The lowest BCUT2D eigenvalue weighted by Crippen LogP contribution is -2.32. The van der Waals surface area contributed by atoms with Crippen molar-refractivity contribution in [2.24, 2.45) is 0 Å². The molecule has 71 heavy (non-hydrogen) atoms. The summed E-state index contributed by atoms with van der Waals surface area (Å²) in [7, 11) is -12.4. The van der Waals surface area contributed by atoms with Crippen molar-refractivity contribution in [1.82, 2.24) is 5.06 Å². The summed E-state index contributed by atoms with van der Waals surface area (Å²) in [4.78, 5) is 44.6. The summed E-state index contributed by atoms with van der Waals surface area (Å²) in [5, 5.41) is 0.492. The van der Waals surface area contributed by atoms with Gasteiger partial charge in [0.25, 0.3) is 11.8 Å². The molecule has 1 saturated heterocycles. The molecule has 3 aliphatic heterocycles. The predicted octanol–water partition coefficient (Wildman–Crippen LogP) is 4.20. The van der Waals surface area contributed by atoms with E-state index in [1.165, 1.54) is 18.2 Å². The number of nitrogens with zero attached hydrogens (tertiary/aromatic N) is 3. The minimum Gasteiger partial charge on any atom is -0.748 e. The number of unbranched alkanes of at least 4 members (excludes halogenated alkanes) is 2. The largest absolute Gasteiger partial charge is 0.748 e. The first-order valence-electron chi connectivity index (χ1n) is 22.9. The molecular weight excluding hydrogens is 1110 g/mol. The SMILES string of the molecule is COCCOCCOCCOCCN(CCCS(=O)(=O)[O-])c1ccc2c(c1)OI=CC=C2/C=C/C=C1/N(CCCCCC(=O)ON2C(=O)CCC2=O)c2ccc(S(=O)(=O)[O-])cc2C1(C)CCCS(=O)(=O)[O-]. The maximum atomic E-state index is 12.5. The lowest BCUT2D eigenvalue weighted by atomic mass is 9.77. The Balaban J connectivity index is 1.37. The van der Waals surface area contributed by atoms with Crippen molar-refractivity contribution in [3.8, 4) is 5.75 Å².